The molecule has 28 heavy (non-hydrogen) atoms. The topological polar surface area (TPSA) is 35.9 Å². The molecule has 0 spiro atoms. The number of nitrogens with zero attached hydrogens (tertiary/aromatic N) is 3. The van der Waals surface area contributed by atoms with Gasteiger partial charge in [-0.3, -0.25) is 9.80 Å². The molecular formula is C24H23N3O. The van der Waals surface area contributed by atoms with E-state index in [4.69, 9.17) is 5.10 Å². The van der Waals surface area contributed by atoms with E-state index in [9.17, 15) is 4.79 Å². The third-order valence-electron chi connectivity index (χ3n) is 5.11. The van der Waals surface area contributed by atoms with E-state index in [0.717, 1.165) is 29.7 Å². The lowest BCUT2D eigenvalue weighted by molar-refractivity contribution is 0.112. The smallest absolute Gasteiger partial charge is 0.150 e. The Labute approximate surface area is 165 Å². The maximum absolute atomic E-state index is 11.0. The zero-order chi connectivity index (χ0) is 19.5. The van der Waals surface area contributed by atoms with Crippen LogP contribution < -0.4 is 9.91 Å². The molecular weight excluding hydrogens is 346 g/mol. The lowest BCUT2D eigenvalue weighted by Gasteiger charge is -2.24. The summed E-state index contributed by atoms with van der Waals surface area (Å²) < 4.78 is 0. The molecule has 1 aliphatic heterocycles. The molecule has 0 N–H and O–H groups in total. The summed E-state index contributed by atoms with van der Waals surface area (Å²) in [4.78, 5) is 13.1. The zero-order valence-electron chi connectivity index (χ0n) is 16.1. The number of hydrogen-bond donors (Lipinski definition) is 0. The number of hydrazone groups is 1. The molecule has 0 bridgehead atoms. The van der Waals surface area contributed by atoms with Gasteiger partial charge in [-0.1, -0.05) is 42.5 Å². The van der Waals surface area contributed by atoms with Crippen molar-refractivity contribution in [1.29, 1.82) is 0 Å². The predicted octanol–water partition coefficient (Wildman–Crippen LogP) is 4.92. The maximum Gasteiger partial charge on any atom is 0.150 e. The fourth-order valence-corrected chi connectivity index (χ4v) is 3.52. The summed E-state index contributed by atoms with van der Waals surface area (Å²) in [7, 11) is 4.08. The Morgan fingerprint density at radius 2 is 1.61 bits per heavy atom. The van der Waals surface area contributed by atoms with Crippen LogP contribution in [0.4, 0.5) is 11.4 Å². The van der Waals surface area contributed by atoms with Crippen molar-refractivity contribution in [3.05, 3.63) is 95.6 Å². The minimum atomic E-state index is 0.131. The number of carbonyl (C=O) groups is 1. The second-order valence-electron chi connectivity index (χ2n) is 7.17. The van der Waals surface area contributed by atoms with Crippen molar-refractivity contribution in [3.8, 4) is 0 Å². The highest BCUT2D eigenvalue weighted by molar-refractivity contribution is 6.03. The molecule has 1 heterocycles. The molecule has 1 unspecified atom stereocenters. The molecule has 1 atom stereocenters. The molecule has 1 aliphatic rings. The van der Waals surface area contributed by atoms with Crippen LogP contribution in [0.1, 0.15) is 33.9 Å². The van der Waals surface area contributed by atoms with Gasteiger partial charge in [0.05, 0.1) is 17.4 Å². The highest BCUT2D eigenvalue weighted by Gasteiger charge is 2.29. The van der Waals surface area contributed by atoms with E-state index in [0.29, 0.717) is 5.56 Å². The molecule has 4 heteroatoms. The van der Waals surface area contributed by atoms with Crippen LogP contribution in [0.2, 0.25) is 0 Å². The highest BCUT2D eigenvalue weighted by Crippen LogP contribution is 2.36. The van der Waals surface area contributed by atoms with Gasteiger partial charge in [0.1, 0.15) is 6.29 Å². The molecule has 0 saturated carbocycles. The third-order valence-corrected chi connectivity index (χ3v) is 5.11. The molecule has 0 aliphatic carbocycles. The van der Waals surface area contributed by atoms with Crippen LogP contribution in [0.25, 0.3) is 0 Å². The summed E-state index contributed by atoms with van der Waals surface area (Å²) in [6.45, 7) is 0. The monoisotopic (exact) mass is 369 g/mol. The largest absolute Gasteiger partial charge is 0.378 e. The summed E-state index contributed by atoms with van der Waals surface area (Å²) >= 11 is 0. The Morgan fingerprint density at radius 1 is 0.929 bits per heavy atom. The van der Waals surface area contributed by atoms with Gasteiger partial charge in [-0.25, -0.2) is 0 Å². The fraction of sp³-hybridized carbons (Fsp3) is 0.167. The lowest BCUT2D eigenvalue weighted by atomic mass is 9.98. The van der Waals surface area contributed by atoms with Crippen molar-refractivity contribution in [1.82, 2.24) is 0 Å². The Morgan fingerprint density at radius 3 is 2.21 bits per heavy atom. The van der Waals surface area contributed by atoms with Crippen molar-refractivity contribution < 1.29 is 4.79 Å². The van der Waals surface area contributed by atoms with Crippen molar-refractivity contribution in [2.45, 2.75) is 12.5 Å². The fourth-order valence-electron chi connectivity index (χ4n) is 3.52. The van der Waals surface area contributed by atoms with Gasteiger partial charge < -0.3 is 4.90 Å². The first-order chi connectivity index (χ1) is 13.7. The molecule has 0 fully saturated rings. The van der Waals surface area contributed by atoms with Crippen LogP contribution >= 0.6 is 0 Å². The van der Waals surface area contributed by atoms with E-state index in [1.807, 2.05) is 44.4 Å². The van der Waals surface area contributed by atoms with Gasteiger partial charge in [-0.15, -0.1) is 0 Å². The average Bonchev–Trinajstić information content (AvgIpc) is 3.20. The second kappa shape index (κ2) is 7.69. The Bertz CT molecular complexity index is 977. The Hall–Kier alpha value is -3.40. The van der Waals surface area contributed by atoms with Gasteiger partial charge in [0.2, 0.25) is 0 Å². The molecule has 3 aromatic carbocycles. The van der Waals surface area contributed by atoms with E-state index < -0.39 is 0 Å². The summed E-state index contributed by atoms with van der Waals surface area (Å²) in [5, 5.41) is 7.03. The second-order valence-corrected chi connectivity index (χ2v) is 7.17. The van der Waals surface area contributed by atoms with E-state index in [-0.39, 0.29) is 6.04 Å². The summed E-state index contributed by atoms with van der Waals surface area (Å²) in [6.07, 6.45) is 1.70. The normalized spacial score (nSPS) is 16.0. The minimum absolute atomic E-state index is 0.131. The Balaban J connectivity index is 1.70. The van der Waals surface area contributed by atoms with Crippen LogP contribution in [-0.2, 0) is 0 Å². The SMILES string of the molecule is CN(C)c1ccc(C2=NN(c3ccc(C=O)cc3)C(c3ccccc3)C2)cc1. The summed E-state index contributed by atoms with van der Waals surface area (Å²) in [6, 6.07) is 26.7. The highest BCUT2D eigenvalue weighted by atomic mass is 16.1. The van der Waals surface area contributed by atoms with Crippen LogP contribution in [0.5, 0.6) is 0 Å². The van der Waals surface area contributed by atoms with E-state index in [1.165, 1.54) is 11.3 Å². The number of carbonyl (C=O) groups excluding carboxylic acids is 1. The van der Waals surface area contributed by atoms with E-state index in [1.54, 1.807) is 0 Å². The van der Waals surface area contributed by atoms with Gasteiger partial charge >= 0.3 is 0 Å². The first-order valence-electron chi connectivity index (χ1n) is 9.40. The summed E-state index contributed by atoms with van der Waals surface area (Å²) in [5.41, 5.74) is 6.26. The van der Waals surface area contributed by atoms with E-state index in [2.05, 4.69) is 58.4 Å². The van der Waals surface area contributed by atoms with Crippen molar-refractivity contribution in [3.63, 3.8) is 0 Å². The number of hydrogen-bond acceptors (Lipinski definition) is 4. The standard InChI is InChI=1S/C24H23N3O/c1-26(2)21-14-10-19(11-15-21)23-16-24(20-6-4-3-5-7-20)27(25-23)22-12-8-18(17-28)9-13-22/h3-15,17,24H,16H2,1-2H3. The van der Waals surface area contributed by atoms with Crippen molar-refractivity contribution in [2.24, 2.45) is 5.10 Å². The van der Waals surface area contributed by atoms with Crippen LogP contribution in [0.15, 0.2) is 84.0 Å². The Kier molecular flexibility index (Phi) is 4.94. The van der Waals surface area contributed by atoms with Gasteiger partial charge in [-0.05, 0) is 47.5 Å². The quantitative estimate of drug-likeness (QED) is 0.599. The number of anilines is 2. The molecule has 0 aromatic heterocycles. The van der Waals surface area contributed by atoms with Gasteiger partial charge in [0.25, 0.3) is 0 Å². The number of aldehydes is 1. The van der Waals surface area contributed by atoms with Gasteiger partial charge in [-0.2, -0.15) is 5.10 Å². The first kappa shape index (κ1) is 18.0. The predicted molar refractivity (Wildman–Crippen MR) is 115 cm³/mol. The number of benzene rings is 3. The van der Waals surface area contributed by atoms with E-state index >= 15 is 0 Å². The van der Waals surface area contributed by atoms with Crippen molar-refractivity contribution >= 4 is 23.4 Å². The number of rotatable bonds is 5. The van der Waals surface area contributed by atoms with Crippen LogP contribution in [-0.4, -0.2) is 26.1 Å². The zero-order valence-corrected chi connectivity index (χ0v) is 16.1. The van der Waals surface area contributed by atoms with Crippen molar-refractivity contribution in [2.75, 3.05) is 24.0 Å². The maximum atomic E-state index is 11.0. The molecule has 4 rings (SSSR count). The molecule has 0 saturated heterocycles. The third kappa shape index (κ3) is 3.54. The average molecular weight is 369 g/mol. The summed E-state index contributed by atoms with van der Waals surface area (Å²) in [5.74, 6) is 0. The van der Waals surface area contributed by atoms with Crippen LogP contribution in [0, 0.1) is 0 Å². The molecule has 140 valence electrons. The van der Waals surface area contributed by atoms with Gasteiger partial charge in [0, 0.05) is 31.8 Å². The first-order valence-corrected chi connectivity index (χ1v) is 9.40. The lowest BCUT2D eigenvalue weighted by Crippen LogP contribution is -2.18. The van der Waals surface area contributed by atoms with Gasteiger partial charge in [0.15, 0.2) is 0 Å². The van der Waals surface area contributed by atoms with Crippen LogP contribution in [0.3, 0.4) is 0 Å². The minimum Gasteiger partial charge on any atom is -0.378 e. The molecule has 3 aromatic rings. The molecule has 0 amide bonds. The molecule has 4 nitrogen and oxygen atoms in total. The molecule has 0 radical (unpaired) electrons.